The van der Waals surface area contributed by atoms with Gasteiger partial charge in [-0.2, -0.15) is 0 Å². The average Bonchev–Trinajstić information content (AvgIpc) is 2.71. The molecule has 16 heavy (non-hydrogen) atoms. The Morgan fingerprint density at radius 3 is 3.06 bits per heavy atom. The molecule has 2 N–H and O–H groups in total. The third-order valence-corrected chi connectivity index (χ3v) is 3.67. The van der Waals surface area contributed by atoms with Gasteiger partial charge in [0.05, 0.1) is 12.2 Å². The van der Waals surface area contributed by atoms with Crippen molar-refractivity contribution in [1.29, 1.82) is 0 Å². The second-order valence-corrected chi connectivity index (χ2v) is 4.71. The normalized spacial score (nSPS) is 40.1. The van der Waals surface area contributed by atoms with Gasteiger partial charge in [-0.05, 0) is 12.8 Å². The number of ether oxygens (including phenoxy) is 1. The Balaban J connectivity index is 1.82. The van der Waals surface area contributed by atoms with E-state index in [0.717, 1.165) is 12.8 Å². The average molecular weight is 217 g/mol. The second kappa shape index (κ2) is 3.59. The number of hydrogen-bond acceptors (Lipinski definition) is 2. The maximum Gasteiger partial charge on any atom is 0.248 e. The predicted molar refractivity (Wildman–Crippen MR) is 60.4 cm³/mol. The first-order valence-electron chi connectivity index (χ1n) is 5.76. The van der Waals surface area contributed by atoms with E-state index in [-0.39, 0.29) is 12.0 Å². The van der Waals surface area contributed by atoms with E-state index in [0.29, 0.717) is 23.5 Å². The number of carbonyl (C=O) groups excluding carboxylic acids is 1. The van der Waals surface area contributed by atoms with Crippen LogP contribution in [0.3, 0.4) is 0 Å². The molecular weight excluding hydrogens is 202 g/mol. The first-order valence-corrected chi connectivity index (χ1v) is 5.76. The molecule has 0 aromatic rings. The van der Waals surface area contributed by atoms with Crippen LogP contribution in [0.25, 0.3) is 0 Å². The van der Waals surface area contributed by atoms with Gasteiger partial charge in [-0.15, -0.1) is 0 Å². The van der Waals surface area contributed by atoms with Crippen LogP contribution in [0, 0.1) is 11.8 Å². The van der Waals surface area contributed by atoms with E-state index in [1.807, 2.05) is 12.2 Å². The molecule has 3 heteroatoms. The third-order valence-electron chi connectivity index (χ3n) is 3.67. The SMILES string of the molecule is NC(=O)C1=CC2CC3C=CCC3OC2C=C1. The van der Waals surface area contributed by atoms with E-state index in [2.05, 4.69) is 12.2 Å². The molecule has 0 aromatic carbocycles. The van der Waals surface area contributed by atoms with Crippen molar-refractivity contribution in [3.8, 4) is 0 Å². The lowest BCUT2D eigenvalue weighted by Gasteiger charge is -2.37. The minimum Gasteiger partial charge on any atom is -0.369 e. The van der Waals surface area contributed by atoms with Gasteiger partial charge in [0.25, 0.3) is 0 Å². The molecule has 0 bridgehead atoms. The Hall–Kier alpha value is -1.35. The molecule has 3 rings (SSSR count). The Morgan fingerprint density at radius 2 is 2.25 bits per heavy atom. The van der Waals surface area contributed by atoms with Crippen molar-refractivity contribution in [2.75, 3.05) is 0 Å². The highest BCUT2D eigenvalue weighted by atomic mass is 16.5. The summed E-state index contributed by atoms with van der Waals surface area (Å²) in [5.74, 6) is 0.466. The monoisotopic (exact) mass is 217 g/mol. The van der Waals surface area contributed by atoms with Gasteiger partial charge in [0, 0.05) is 17.4 Å². The lowest BCUT2D eigenvalue weighted by molar-refractivity contribution is -0.114. The Labute approximate surface area is 94.6 Å². The third kappa shape index (κ3) is 1.52. The Morgan fingerprint density at radius 1 is 1.38 bits per heavy atom. The molecule has 2 aliphatic carbocycles. The first-order chi connectivity index (χ1) is 7.74. The van der Waals surface area contributed by atoms with E-state index < -0.39 is 0 Å². The highest BCUT2D eigenvalue weighted by Crippen LogP contribution is 2.39. The zero-order valence-corrected chi connectivity index (χ0v) is 9.00. The fourth-order valence-electron chi connectivity index (χ4n) is 2.82. The number of hydrogen-bond donors (Lipinski definition) is 1. The molecule has 1 aliphatic heterocycles. The molecular formula is C13H15NO2. The molecule has 0 aromatic heterocycles. The molecule has 3 aliphatic rings. The maximum atomic E-state index is 11.1. The lowest BCUT2D eigenvalue weighted by atomic mass is 9.81. The highest BCUT2D eigenvalue weighted by molar-refractivity contribution is 5.95. The number of primary amides is 1. The van der Waals surface area contributed by atoms with Gasteiger partial charge in [-0.1, -0.05) is 30.4 Å². The number of rotatable bonds is 1. The molecule has 1 amide bonds. The number of nitrogens with two attached hydrogens (primary N) is 1. The van der Waals surface area contributed by atoms with Crippen molar-refractivity contribution >= 4 is 5.91 Å². The zero-order chi connectivity index (χ0) is 11.1. The molecule has 0 saturated carbocycles. The smallest absolute Gasteiger partial charge is 0.248 e. The molecule has 0 radical (unpaired) electrons. The van der Waals surface area contributed by atoms with E-state index in [4.69, 9.17) is 10.5 Å². The zero-order valence-electron chi connectivity index (χ0n) is 9.00. The summed E-state index contributed by atoms with van der Waals surface area (Å²) in [7, 11) is 0. The van der Waals surface area contributed by atoms with Crippen LogP contribution in [0.4, 0.5) is 0 Å². The molecule has 1 saturated heterocycles. The summed E-state index contributed by atoms with van der Waals surface area (Å²) >= 11 is 0. The van der Waals surface area contributed by atoms with Crippen molar-refractivity contribution in [3.05, 3.63) is 36.0 Å². The van der Waals surface area contributed by atoms with E-state index in [1.165, 1.54) is 0 Å². The number of fused-ring (bicyclic) bond motifs is 2. The quantitative estimate of drug-likeness (QED) is 0.673. The first kappa shape index (κ1) is 9.85. The summed E-state index contributed by atoms with van der Waals surface area (Å²) in [5.41, 5.74) is 5.90. The van der Waals surface area contributed by atoms with Crippen LogP contribution in [0.1, 0.15) is 12.8 Å². The molecule has 1 fully saturated rings. The molecule has 3 nitrogen and oxygen atoms in total. The summed E-state index contributed by atoms with van der Waals surface area (Å²) in [6.45, 7) is 0. The van der Waals surface area contributed by atoms with E-state index in [1.54, 1.807) is 6.08 Å². The molecule has 4 atom stereocenters. The topological polar surface area (TPSA) is 52.3 Å². The van der Waals surface area contributed by atoms with Gasteiger partial charge in [0.15, 0.2) is 0 Å². The van der Waals surface area contributed by atoms with Crippen LogP contribution in [0.2, 0.25) is 0 Å². The lowest BCUT2D eigenvalue weighted by Crippen LogP contribution is -2.38. The van der Waals surface area contributed by atoms with Gasteiger partial charge in [0.2, 0.25) is 5.91 Å². The van der Waals surface area contributed by atoms with Gasteiger partial charge in [0.1, 0.15) is 0 Å². The van der Waals surface area contributed by atoms with Gasteiger partial charge in [-0.3, -0.25) is 4.79 Å². The van der Waals surface area contributed by atoms with Crippen molar-refractivity contribution in [3.63, 3.8) is 0 Å². The van der Waals surface area contributed by atoms with Crippen LogP contribution in [0.15, 0.2) is 36.0 Å². The van der Waals surface area contributed by atoms with Gasteiger partial charge < -0.3 is 10.5 Å². The molecule has 1 heterocycles. The standard InChI is InChI=1S/C13H15NO2/c14-13(15)9-4-5-12-10(7-9)6-8-2-1-3-11(8)16-12/h1-2,4-5,7-8,10-12H,3,6H2,(H2,14,15). The number of amides is 1. The van der Waals surface area contributed by atoms with Crippen LogP contribution in [0.5, 0.6) is 0 Å². The minimum atomic E-state index is -0.348. The fourth-order valence-corrected chi connectivity index (χ4v) is 2.82. The van der Waals surface area contributed by atoms with Crippen molar-refractivity contribution < 1.29 is 9.53 Å². The van der Waals surface area contributed by atoms with Gasteiger partial charge >= 0.3 is 0 Å². The van der Waals surface area contributed by atoms with Crippen molar-refractivity contribution in [2.45, 2.75) is 25.0 Å². The van der Waals surface area contributed by atoms with Crippen LogP contribution < -0.4 is 5.73 Å². The summed E-state index contributed by atoms with van der Waals surface area (Å²) in [6.07, 6.45) is 12.7. The molecule has 4 unspecified atom stereocenters. The highest BCUT2D eigenvalue weighted by Gasteiger charge is 2.37. The molecule has 0 spiro atoms. The predicted octanol–water partition coefficient (Wildman–Crippen LogP) is 1.32. The number of carbonyl (C=O) groups is 1. The molecule has 84 valence electrons. The minimum absolute atomic E-state index is 0.129. The Kier molecular flexibility index (Phi) is 2.21. The summed E-state index contributed by atoms with van der Waals surface area (Å²) < 4.78 is 6.00. The van der Waals surface area contributed by atoms with E-state index >= 15 is 0 Å². The van der Waals surface area contributed by atoms with Crippen LogP contribution in [-0.2, 0) is 9.53 Å². The summed E-state index contributed by atoms with van der Waals surface area (Å²) in [4.78, 5) is 11.1. The fraction of sp³-hybridized carbons (Fsp3) is 0.462. The maximum absolute atomic E-state index is 11.1. The largest absolute Gasteiger partial charge is 0.369 e. The van der Waals surface area contributed by atoms with Crippen LogP contribution >= 0.6 is 0 Å². The van der Waals surface area contributed by atoms with Gasteiger partial charge in [-0.25, -0.2) is 0 Å². The van der Waals surface area contributed by atoms with Crippen LogP contribution in [-0.4, -0.2) is 18.1 Å². The van der Waals surface area contributed by atoms with E-state index in [9.17, 15) is 4.79 Å². The van der Waals surface area contributed by atoms with Crippen molar-refractivity contribution in [2.24, 2.45) is 17.6 Å². The summed E-state index contributed by atoms with van der Waals surface area (Å²) in [5, 5.41) is 0. The van der Waals surface area contributed by atoms with Crippen molar-refractivity contribution in [1.82, 2.24) is 0 Å². The summed E-state index contributed by atoms with van der Waals surface area (Å²) in [6, 6.07) is 0. The second-order valence-electron chi connectivity index (χ2n) is 4.71. The Bertz CT molecular complexity index is 408.